The Bertz CT molecular complexity index is 738. The van der Waals surface area contributed by atoms with Gasteiger partial charge in [0.15, 0.2) is 0 Å². The number of pyridine rings is 1. The lowest BCUT2D eigenvalue weighted by molar-refractivity contribution is 0.102. The zero-order valence-corrected chi connectivity index (χ0v) is 11.5. The summed E-state index contributed by atoms with van der Waals surface area (Å²) >= 11 is 5.82. The number of benzene rings is 1. The number of hydrogen-bond donors (Lipinski definition) is 2. The van der Waals surface area contributed by atoms with E-state index in [2.05, 4.69) is 22.1 Å². The number of nitrogens with one attached hydrogen (secondary N) is 1. The molecule has 0 aliphatic heterocycles. The molecule has 1 amide bonds. The Labute approximate surface area is 125 Å². The molecule has 0 radical (unpaired) electrons. The highest BCUT2D eigenvalue weighted by Gasteiger charge is 2.11. The van der Waals surface area contributed by atoms with Crippen LogP contribution in [0.2, 0.25) is 5.02 Å². The highest BCUT2D eigenvalue weighted by Crippen LogP contribution is 2.18. The number of halogens is 2. The van der Waals surface area contributed by atoms with Gasteiger partial charge in [-0.05, 0) is 36.3 Å². The third-order valence-electron chi connectivity index (χ3n) is 2.46. The van der Waals surface area contributed by atoms with Gasteiger partial charge in [-0.2, -0.15) is 0 Å². The minimum absolute atomic E-state index is 0.0173. The molecule has 0 saturated carbocycles. The molecule has 2 N–H and O–H groups in total. The van der Waals surface area contributed by atoms with Crippen molar-refractivity contribution in [3.8, 4) is 11.8 Å². The second kappa shape index (κ2) is 6.84. The molecule has 0 spiro atoms. The number of aliphatic hydroxyl groups excluding tert-OH is 1. The molecular weight excluding hydrogens is 295 g/mol. The number of carbonyl (C=O) groups is 1. The molecule has 0 fully saturated rings. The molecule has 0 aliphatic rings. The summed E-state index contributed by atoms with van der Waals surface area (Å²) in [5, 5.41) is 11.2. The maximum absolute atomic E-state index is 12.9. The summed E-state index contributed by atoms with van der Waals surface area (Å²) in [6.07, 6.45) is 0. The first-order chi connectivity index (χ1) is 10.1. The van der Waals surface area contributed by atoms with Gasteiger partial charge >= 0.3 is 0 Å². The van der Waals surface area contributed by atoms with Crippen LogP contribution in [0.15, 0.2) is 36.4 Å². The minimum Gasteiger partial charge on any atom is -0.384 e. The Morgan fingerprint density at radius 3 is 2.90 bits per heavy atom. The predicted octanol–water partition coefficient (Wildman–Crippen LogP) is 2.47. The van der Waals surface area contributed by atoms with Gasteiger partial charge < -0.3 is 10.4 Å². The largest absolute Gasteiger partial charge is 0.384 e. The van der Waals surface area contributed by atoms with E-state index >= 15 is 0 Å². The molecule has 21 heavy (non-hydrogen) atoms. The van der Waals surface area contributed by atoms with Gasteiger partial charge in [-0.3, -0.25) is 4.79 Å². The highest BCUT2D eigenvalue weighted by molar-refractivity contribution is 6.34. The maximum atomic E-state index is 12.9. The number of carbonyl (C=O) groups excluding carboxylic acids is 1. The number of nitrogens with zero attached hydrogens (tertiary/aromatic N) is 1. The molecule has 6 heteroatoms. The van der Waals surface area contributed by atoms with Crippen LogP contribution in [0, 0.1) is 17.7 Å². The van der Waals surface area contributed by atoms with Crippen LogP contribution in [0.1, 0.15) is 16.1 Å². The van der Waals surface area contributed by atoms with E-state index < -0.39 is 11.7 Å². The fourth-order valence-corrected chi connectivity index (χ4v) is 1.81. The van der Waals surface area contributed by atoms with Gasteiger partial charge in [0.1, 0.15) is 23.9 Å². The number of aliphatic hydroxyl groups is 1. The zero-order valence-electron chi connectivity index (χ0n) is 10.7. The van der Waals surface area contributed by atoms with Crippen LogP contribution >= 0.6 is 11.6 Å². The summed E-state index contributed by atoms with van der Waals surface area (Å²) < 4.78 is 12.9. The van der Waals surface area contributed by atoms with Crippen LogP contribution in [0.5, 0.6) is 0 Å². The van der Waals surface area contributed by atoms with E-state index in [0.29, 0.717) is 5.69 Å². The van der Waals surface area contributed by atoms with Crippen molar-refractivity contribution in [2.45, 2.75) is 0 Å². The van der Waals surface area contributed by atoms with Crippen molar-refractivity contribution in [2.75, 3.05) is 11.9 Å². The fourth-order valence-electron chi connectivity index (χ4n) is 1.56. The van der Waals surface area contributed by atoms with E-state index in [1.165, 1.54) is 6.07 Å². The van der Waals surface area contributed by atoms with E-state index in [1.807, 2.05) is 0 Å². The van der Waals surface area contributed by atoms with Crippen molar-refractivity contribution in [1.82, 2.24) is 4.98 Å². The Hall–Kier alpha value is -2.42. The highest BCUT2D eigenvalue weighted by atomic mass is 35.5. The summed E-state index contributed by atoms with van der Waals surface area (Å²) in [5.74, 6) is 4.35. The molecule has 106 valence electrons. The van der Waals surface area contributed by atoms with Gasteiger partial charge in [0, 0.05) is 0 Å². The van der Waals surface area contributed by atoms with Crippen LogP contribution < -0.4 is 5.32 Å². The van der Waals surface area contributed by atoms with Crippen LogP contribution in [-0.2, 0) is 0 Å². The Balaban J connectivity index is 2.19. The van der Waals surface area contributed by atoms with Gasteiger partial charge in [-0.1, -0.05) is 23.6 Å². The normalized spacial score (nSPS) is 9.67. The molecular formula is C15H10ClFN2O2. The zero-order chi connectivity index (χ0) is 15.2. The first kappa shape index (κ1) is 15.0. The summed E-state index contributed by atoms with van der Waals surface area (Å²) in [5.41, 5.74) is 0.554. The second-order valence-electron chi connectivity index (χ2n) is 3.95. The molecule has 0 atom stereocenters. The number of amides is 1. The first-order valence-electron chi connectivity index (χ1n) is 5.93. The molecule has 1 heterocycles. The van der Waals surface area contributed by atoms with Crippen molar-refractivity contribution >= 4 is 23.3 Å². The molecule has 1 aromatic carbocycles. The second-order valence-corrected chi connectivity index (χ2v) is 4.35. The standard InChI is InChI=1S/C15H10ClFN2O2/c16-13-9-10(17)6-7-12(13)15(21)19-14-5-1-3-11(18-14)4-2-8-20/h1,3,5-7,9,20H,8H2,(H,18,19,21). The van der Waals surface area contributed by atoms with Crippen molar-refractivity contribution in [1.29, 1.82) is 0 Å². The molecule has 2 rings (SSSR count). The lowest BCUT2D eigenvalue weighted by atomic mass is 10.2. The summed E-state index contributed by atoms with van der Waals surface area (Å²) in [6, 6.07) is 8.39. The van der Waals surface area contributed by atoms with E-state index in [4.69, 9.17) is 16.7 Å². The summed E-state index contributed by atoms with van der Waals surface area (Å²) in [4.78, 5) is 16.1. The molecule has 0 saturated heterocycles. The van der Waals surface area contributed by atoms with Crippen molar-refractivity contribution in [3.05, 3.63) is 58.5 Å². The number of anilines is 1. The van der Waals surface area contributed by atoms with E-state index in [1.54, 1.807) is 18.2 Å². The van der Waals surface area contributed by atoms with Crippen molar-refractivity contribution in [3.63, 3.8) is 0 Å². The van der Waals surface area contributed by atoms with Crippen molar-refractivity contribution in [2.24, 2.45) is 0 Å². The van der Waals surface area contributed by atoms with Crippen LogP contribution in [0.4, 0.5) is 10.2 Å². The maximum Gasteiger partial charge on any atom is 0.258 e. The molecule has 1 aromatic heterocycles. The van der Waals surface area contributed by atoms with Crippen LogP contribution in [-0.4, -0.2) is 22.6 Å². The fraction of sp³-hybridized carbons (Fsp3) is 0.0667. The van der Waals surface area contributed by atoms with Gasteiger partial charge in [0.25, 0.3) is 5.91 Å². The minimum atomic E-state index is -0.518. The van der Waals surface area contributed by atoms with Crippen LogP contribution in [0.3, 0.4) is 0 Å². The van der Waals surface area contributed by atoms with Gasteiger partial charge in [-0.15, -0.1) is 0 Å². The van der Waals surface area contributed by atoms with Crippen LogP contribution in [0.25, 0.3) is 0 Å². The van der Waals surface area contributed by atoms with E-state index in [9.17, 15) is 9.18 Å². The van der Waals surface area contributed by atoms with Gasteiger partial charge in [-0.25, -0.2) is 9.37 Å². The van der Waals surface area contributed by atoms with Gasteiger partial charge in [0.2, 0.25) is 0 Å². The Kier molecular flexibility index (Phi) is 4.88. The molecule has 0 bridgehead atoms. The average molecular weight is 305 g/mol. The van der Waals surface area contributed by atoms with Crippen molar-refractivity contribution < 1.29 is 14.3 Å². The number of aromatic nitrogens is 1. The molecule has 0 unspecified atom stereocenters. The van der Waals surface area contributed by atoms with E-state index in [-0.39, 0.29) is 23.0 Å². The lowest BCUT2D eigenvalue weighted by Gasteiger charge is -2.06. The Morgan fingerprint density at radius 2 is 2.19 bits per heavy atom. The third-order valence-corrected chi connectivity index (χ3v) is 2.77. The average Bonchev–Trinajstić information content (AvgIpc) is 2.45. The molecule has 4 nitrogen and oxygen atoms in total. The monoisotopic (exact) mass is 304 g/mol. The third kappa shape index (κ3) is 4.02. The molecule has 2 aromatic rings. The molecule has 0 aliphatic carbocycles. The SMILES string of the molecule is O=C(Nc1cccc(C#CCO)n1)c1ccc(F)cc1Cl. The number of rotatable bonds is 2. The summed E-state index contributed by atoms with van der Waals surface area (Å²) in [6.45, 7) is -0.274. The smallest absolute Gasteiger partial charge is 0.258 e. The summed E-state index contributed by atoms with van der Waals surface area (Å²) in [7, 11) is 0. The quantitative estimate of drug-likeness (QED) is 0.838. The van der Waals surface area contributed by atoms with E-state index in [0.717, 1.165) is 12.1 Å². The van der Waals surface area contributed by atoms with Gasteiger partial charge in [0.05, 0.1) is 10.6 Å². The number of hydrogen-bond acceptors (Lipinski definition) is 3. The predicted molar refractivity (Wildman–Crippen MR) is 77.6 cm³/mol. The first-order valence-corrected chi connectivity index (χ1v) is 6.31. The topological polar surface area (TPSA) is 62.2 Å². The lowest BCUT2D eigenvalue weighted by Crippen LogP contribution is -2.13. The Morgan fingerprint density at radius 1 is 1.38 bits per heavy atom.